The maximum atomic E-state index is 11.9. The maximum absolute atomic E-state index is 11.9. The van der Waals surface area contributed by atoms with E-state index < -0.39 is 12.0 Å². The van der Waals surface area contributed by atoms with Crippen molar-refractivity contribution in [2.75, 3.05) is 19.6 Å². The molecule has 1 heterocycles. The van der Waals surface area contributed by atoms with Crippen molar-refractivity contribution in [2.24, 2.45) is 10.7 Å². The molecule has 0 bridgehead atoms. The number of aliphatic hydroxyl groups excluding tert-OH is 1. The van der Waals surface area contributed by atoms with Crippen LogP contribution in [0.2, 0.25) is 0 Å². The fourth-order valence-electron chi connectivity index (χ4n) is 2.68. The summed E-state index contributed by atoms with van der Waals surface area (Å²) < 4.78 is 0. The lowest BCUT2D eigenvalue weighted by Crippen LogP contribution is -2.42. The highest BCUT2D eigenvalue weighted by molar-refractivity contribution is 5.94. The molecule has 24 heavy (non-hydrogen) atoms. The smallest absolute Gasteiger partial charge is 0.271 e. The van der Waals surface area contributed by atoms with Gasteiger partial charge in [0.1, 0.15) is 5.70 Å². The van der Waals surface area contributed by atoms with Gasteiger partial charge in [-0.3, -0.25) is 9.69 Å². The predicted octanol–water partition coefficient (Wildman–Crippen LogP) is 0.579. The molecule has 4 N–H and O–H groups in total. The van der Waals surface area contributed by atoms with Gasteiger partial charge < -0.3 is 16.2 Å². The molecule has 0 saturated carbocycles. The molecular weight excluding hydrogens is 304 g/mol. The molecule has 2 rings (SSSR count). The van der Waals surface area contributed by atoms with E-state index in [0.29, 0.717) is 6.54 Å². The van der Waals surface area contributed by atoms with Crippen LogP contribution in [0.1, 0.15) is 11.1 Å². The maximum Gasteiger partial charge on any atom is 0.271 e. The Bertz CT molecular complexity index is 640. The van der Waals surface area contributed by atoms with E-state index in [0.717, 1.165) is 25.7 Å². The number of carbonyl (C=O) groups excluding carboxylic acids is 1. The van der Waals surface area contributed by atoms with Crippen molar-refractivity contribution < 1.29 is 9.90 Å². The molecule has 0 aliphatic carbocycles. The zero-order valence-corrected chi connectivity index (χ0v) is 13.7. The van der Waals surface area contributed by atoms with E-state index in [2.05, 4.69) is 40.0 Å². The SMILES string of the molecule is C=CC=N/C(=C\N)C(=O)NCC(O)CN1CCc2ccccc2C1. The summed E-state index contributed by atoms with van der Waals surface area (Å²) in [5.74, 6) is -0.418. The summed E-state index contributed by atoms with van der Waals surface area (Å²) in [6.45, 7) is 5.86. The number of rotatable bonds is 7. The Morgan fingerprint density at radius 1 is 1.46 bits per heavy atom. The fraction of sp³-hybridized carbons (Fsp3) is 0.333. The highest BCUT2D eigenvalue weighted by atomic mass is 16.3. The zero-order chi connectivity index (χ0) is 17.4. The second-order valence-corrected chi connectivity index (χ2v) is 5.68. The first-order chi connectivity index (χ1) is 11.6. The van der Waals surface area contributed by atoms with E-state index in [4.69, 9.17) is 5.73 Å². The van der Waals surface area contributed by atoms with Crippen LogP contribution < -0.4 is 11.1 Å². The van der Waals surface area contributed by atoms with Gasteiger partial charge in [-0.25, -0.2) is 4.99 Å². The second-order valence-electron chi connectivity index (χ2n) is 5.68. The van der Waals surface area contributed by atoms with Gasteiger partial charge in [0.2, 0.25) is 0 Å². The van der Waals surface area contributed by atoms with Gasteiger partial charge in [0.15, 0.2) is 0 Å². The van der Waals surface area contributed by atoms with Crippen LogP contribution in [0.15, 0.2) is 53.8 Å². The van der Waals surface area contributed by atoms with Crippen molar-refractivity contribution in [3.05, 3.63) is 59.9 Å². The first kappa shape index (κ1) is 17.9. The number of hydrogen-bond acceptors (Lipinski definition) is 5. The van der Waals surface area contributed by atoms with Crippen molar-refractivity contribution in [3.63, 3.8) is 0 Å². The number of β-amino-alcohol motifs (C(OH)–C–C–N with tert-alkyl or cyclic N) is 1. The Hall–Kier alpha value is -2.44. The molecule has 0 radical (unpaired) electrons. The largest absolute Gasteiger partial charge is 0.403 e. The number of aliphatic imine (C=N–C) groups is 1. The van der Waals surface area contributed by atoms with Gasteiger partial charge in [-0.15, -0.1) is 0 Å². The average molecular weight is 328 g/mol. The van der Waals surface area contributed by atoms with Crippen molar-refractivity contribution in [3.8, 4) is 0 Å². The Balaban J connectivity index is 1.80. The van der Waals surface area contributed by atoms with E-state index in [1.54, 1.807) is 0 Å². The van der Waals surface area contributed by atoms with E-state index in [1.165, 1.54) is 23.4 Å². The topological polar surface area (TPSA) is 90.9 Å². The zero-order valence-electron chi connectivity index (χ0n) is 13.7. The number of benzene rings is 1. The van der Waals surface area contributed by atoms with Crippen LogP contribution in [0.4, 0.5) is 0 Å². The number of aliphatic hydroxyl groups is 1. The highest BCUT2D eigenvalue weighted by Crippen LogP contribution is 2.18. The molecule has 6 nitrogen and oxygen atoms in total. The van der Waals surface area contributed by atoms with Crippen molar-refractivity contribution in [1.29, 1.82) is 0 Å². The van der Waals surface area contributed by atoms with Crippen LogP contribution in [0.3, 0.4) is 0 Å². The van der Waals surface area contributed by atoms with E-state index in [9.17, 15) is 9.90 Å². The van der Waals surface area contributed by atoms with E-state index in [1.807, 2.05) is 6.07 Å². The lowest BCUT2D eigenvalue weighted by atomic mass is 10.00. The predicted molar refractivity (Wildman–Crippen MR) is 95.4 cm³/mol. The summed E-state index contributed by atoms with van der Waals surface area (Å²) in [5.41, 5.74) is 8.13. The van der Waals surface area contributed by atoms with Crippen LogP contribution in [-0.4, -0.2) is 47.9 Å². The minimum atomic E-state index is -0.651. The van der Waals surface area contributed by atoms with Crippen molar-refractivity contribution in [2.45, 2.75) is 19.1 Å². The highest BCUT2D eigenvalue weighted by Gasteiger charge is 2.19. The summed E-state index contributed by atoms with van der Waals surface area (Å²) in [6, 6.07) is 8.35. The average Bonchev–Trinajstić information content (AvgIpc) is 2.60. The van der Waals surface area contributed by atoms with Gasteiger partial charge in [-0.2, -0.15) is 0 Å². The summed E-state index contributed by atoms with van der Waals surface area (Å²) >= 11 is 0. The van der Waals surface area contributed by atoms with Crippen LogP contribution >= 0.6 is 0 Å². The number of nitrogens with two attached hydrogens (primary N) is 1. The number of carbonyl (C=O) groups is 1. The molecule has 0 aromatic heterocycles. The minimum Gasteiger partial charge on any atom is -0.403 e. The van der Waals surface area contributed by atoms with Crippen LogP contribution in [0.25, 0.3) is 0 Å². The fourth-order valence-corrected chi connectivity index (χ4v) is 2.68. The summed E-state index contributed by atoms with van der Waals surface area (Å²) in [7, 11) is 0. The Labute approximate surface area is 142 Å². The van der Waals surface area contributed by atoms with Gasteiger partial charge in [-0.05, 0) is 17.5 Å². The lowest BCUT2D eigenvalue weighted by Gasteiger charge is -2.30. The number of fused-ring (bicyclic) bond motifs is 1. The van der Waals surface area contributed by atoms with Gasteiger partial charge >= 0.3 is 0 Å². The minimum absolute atomic E-state index is 0.0917. The summed E-state index contributed by atoms with van der Waals surface area (Å²) in [4.78, 5) is 18.0. The van der Waals surface area contributed by atoms with E-state index in [-0.39, 0.29) is 12.2 Å². The molecule has 0 spiro atoms. The monoisotopic (exact) mass is 328 g/mol. The molecule has 6 heteroatoms. The first-order valence-corrected chi connectivity index (χ1v) is 7.96. The molecule has 1 atom stereocenters. The molecule has 0 fully saturated rings. The standard InChI is InChI=1S/C18H24N4O2/c1-2-8-20-17(10-19)18(24)21-11-16(23)13-22-9-7-14-5-3-4-6-15(14)12-22/h2-6,8,10,16,23H,1,7,9,11-13,19H2,(H,21,24)/b17-10-,20-8?. The van der Waals surface area contributed by atoms with Gasteiger partial charge in [0.05, 0.1) is 6.10 Å². The molecular formula is C18H24N4O2. The van der Waals surface area contributed by atoms with Gasteiger partial charge in [0.25, 0.3) is 5.91 Å². The second kappa shape index (κ2) is 9.00. The molecule has 128 valence electrons. The molecule has 1 unspecified atom stereocenters. The first-order valence-electron chi connectivity index (χ1n) is 7.96. The number of allylic oxidation sites excluding steroid dienone is 1. The number of nitrogens with one attached hydrogen (secondary N) is 1. The summed E-state index contributed by atoms with van der Waals surface area (Å²) in [6.07, 6.45) is 4.30. The molecule has 1 aliphatic rings. The Morgan fingerprint density at radius 2 is 2.21 bits per heavy atom. The Morgan fingerprint density at radius 3 is 2.92 bits per heavy atom. The van der Waals surface area contributed by atoms with Crippen molar-refractivity contribution in [1.82, 2.24) is 10.2 Å². The van der Waals surface area contributed by atoms with Gasteiger partial charge in [-0.1, -0.05) is 36.9 Å². The molecule has 1 amide bonds. The van der Waals surface area contributed by atoms with Crippen LogP contribution in [-0.2, 0) is 17.8 Å². The molecule has 0 saturated heterocycles. The number of amides is 1. The summed E-state index contributed by atoms with van der Waals surface area (Å²) in [5, 5.41) is 12.8. The third-order valence-electron chi connectivity index (χ3n) is 3.89. The molecule has 1 aromatic rings. The van der Waals surface area contributed by atoms with E-state index >= 15 is 0 Å². The number of nitrogens with zero attached hydrogens (tertiary/aromatic N) is 2. The Kier molecular flexibility index (Phi) is 6.72. The third-order valence-corrected chi connectivity index (χ3v) is 3.89. The molecule has 1 aromatic carbocycles. The number of hydrogen-bond donors (Lipinski definition) is 3. The third kappa shape index (κ3) is 5.04. The molecule has 1 aliphatic heterocycles. The lowest BCUT2D eigenvalue weighted by molar-refractivity contribution is -0.118. The van der Waals surface area contributed by atoms with Crippen LogP contribution in [0, 0.1) is 0 Å². The van der Waals surface area contributed by atoms with Gasteiger partial charge in [0, 0.05) is 38.6 Å². The quantitative estimate of drug-likeness (QED) is 0.504. The van der Waals surface area contributed by atoms with Crippen LogP contribution in [0.5, 0.6) is 0 Å². The van der Waals surface area contributed by atoms with Crippen molar-refractivity contribution >= 4 is 12.1 Å². The normalized spacial score (nSPS) is 16.6.